The van der Waals surface area contributed by atoms with Crippen molar-refractivity contribution < 1.29 is 0 Å². The van der Waals surface area contributed by atoms with Crippen LogP contribution in [0, 0.1) is 0 Å². The van der Waals surface area contributed by atoms with Crippen LogP contribution in [-0.4, -0.2) is 26.1 Å². The van der Waals surface area contributed by atoms with Gasteiger partial charge < -0.3 is 10.2 Å². The zero-order valence-corrected chi connectivity index (χ0v) is 11.3. The fraction of sp³-hybridized carbons (Fsp3) is 0.727. The van der Waals surface area contributed by atoms with Crippen molar-refractivity contribution in [1.82, 2.24) is 10.3 Å². The van der Waals surface area contributed by atoms with Crippen LogP contribution in [0.15, 0.2) is 0 Å². The minimum Gasteiger partial charge on any atom is -0.354 e. The Balaban J connectivity index is 3.12. The predicted molar refractivity (Wildman–Crippen MR) is 67.9 cm³/mol. The summed E-state index contributed by atoms with van der Waals surface area (Å²) >= 11 is 1.77. The molecule has 86 valence electrons. The molecular weight excluding hydrogens is 206 g/mol. The lowest BCUT2D eigenvalue weighted by Crippen LogP contribution is -2.17. The van der Waals surface area contributed by atoms with Gasteiger partial charge in [0.1, 0.15) is 0 Å². The predicted octanol–water partition coefficient (Wildman–Crippen LogP) is 2.23. The minimum absolute atomic E-state index is 0.122. The minimum atomic E-state index is 0.122. The van der Waals surface area contributed by atoms with E-state index < -0.39 is 0 Å². The van der Waals surface area contributed by atoms with Crippen molar-refractivity contribution in [2.75, 3.05) is 26.0 Å². The molecular formula is C11H21N3S. The van der Waals surface area contributed by atoms with Crippen molar-refractivity contribution >= 4 is 16.5 Å². The van der Waals surface area contributed by atoms with E-state index in [1.807, 2.05) is 21.1 Å². The van der Waals surface area contributed by atoms with E-state index in [9.17, 15) is 0 Å². The van der Waals surface area contributed by atoms with Crippen LogP contribution in [0.5, 0.6) is 0 Å². The van der Waals surface area contributed by atoms with E-state index in [-0.39, 0.29) is 5.41 Å². The van der Waals surface area contributed by atoms with E-state index in [1.54, 1.807) is 11.3 Å². The Morgan fingerprint density at radius 3 is 2.33 bits per heavy atom. The van der Waals surface area contributed by atoms with E-state index >= 15 is 0 Å². The van der Waals surface area contributed by atoms with E-state index in [4.69, 9.17) is 4.98 Å². The molecule has 0 aliphatic carbocycles. The SMILES string of the molecule is CNCc1sc(N(C)C)nc1C(C)(C)C. The highest BCUT2D eigenvalue weighted by Crippen LogP contribution is 2.32. The maximum absolute atomic E-state index is 4.70. The van der Waals surface area contributed by atoms with Gasteiger partial charge in [-0.3, -0.25) is 0 Å². The van der Waals surface area contributed by atoms with Gasteiger partial charge in [-0.15, -0.1) is 11.3 Å². The lowest BCUT2D eigenvalue weighted by molar-refractivity contribution is 0.563. The molecule has 0 aromatic carbocycles. The summed E-state index contributed by atoms with van der Waals surface area (Å²) in [5.41, 5.74) is 1.34. The zero-order chi connectivity index (χ0) is 11.6. The molecule has 0 saturated carbocycles. The van der Waals surface area contributed by atoms with Crippen molar-refractivity contribution in [2.24, 2.45) is 0 Å². The van der Waals surface area contributed by atoms with E-state index in [2.05, 4.69) is 31.0 Å². The highest BCUT2D eigenvalue weighted by molar-refractivity contribution is 7.15. The molecule has 0 bridgehead atoms. The Labute approximate surface area is 96.5 Å². The molecule has 0 amide bonds. The number of rotatable bonds is 3. The van der Waals surface area contributed by atoms with Crippen LogP contribution in [0.25, 0.3) is 0 Å². The third-order valence-corrected chi connectivity index (χ3v) is 3.34. The van der Waals surface area contributed by atoms with Gasteiger partial charge in [-0.2, -0.15) is 0 Å². The number of nitrogens with one attached hydrogen (secondary N) is 1. The number of thiazole rings is 1. The van der Waals surface area contributed by atoms with Crippen LogP contribution < -0.4 is 10.2 Å². The van der Waals surface area contributed by atoms with Gasteiger partial charge in [0.2, 0.25) is 0 Å². The molecule has 0 aliphatic heterocycles. The summed E-state index contributed by atoms with van der Waals surface area (Å²) in [4.78, 5) is 8.11. The molecule has 4 heteroatoms. The zero-order valence-electron chi connectivity index (χ0n) is 10.5. The van der Waals surface area contributed by atoms with Gasteiger partial charge in [0.25, 0.3) is 0 Å². The number of aromatic nitrogens is 1. The van der Waals surface area contributed by atoms with Crippen LogP contribution in [0.3, 0.4) is 0 Å². The standard InChI is InChI=1S/C11H21N3S/c1-11(2,3)9-8(7-12-4)15-10(13-9)14(5)6/h12H,7H2,1-6H3. The summed E-state index contributed by atoms with van der Waals surface area (Å²) in [6, 6.07) is 0. The van der Waals surface area contributed by atoms with Gasteiger partial charge in [0.05, 0.1) is 5.69 Å². The number of hydrogen-bond donors (Lipinski definition) is 1. The summed E-state index contributed by atoms with van der Waals surface area (Å²) in [6.45, 7) is 7.53. The maximum atomic E-state index is 4.70. The molecule has 0 spiro atoms. The first kappa shape index (κ1) is 12.5. The third kappa shape index (κ3) is 2.92. The normalized spacial score (nSPS) is 11.9. The average molecular weight is 227 g/mol. The molecule has 0 radical (unpaired) electrons. The maximum Gasteiger partial charge on any atom is 0.185 e. The second-order valence-electron chi connectivity index (χ2n) is 4.94. The first-order valence-electron chi connectivity index (χ1n) is 5.18. The Morgan fingerprint density at radius 2 is 1.93 bits per heavy atom. The average Bonchev–Trinajstić information content (AvgIpc) is 2.48. The van der Waals surface area contributed by atoms with Crippen LogP contribution in [-0.2, 0) is 12.0 Å². The molecule has 0 unspecified atom stereocenters. The Kier molecular flexibility index (Phi) is 3.73. The summed E-state index contributed by atoms with van der Waals surface area (Å²) in [5, 5.41) is 4.29. The molecule has 1 aromatic heterocycles. The van der Waals surface area contributed by atoms with Gasteiger partial charge in [0.15, 0.2) is 5.13 Å². The largest absolute Gasteiger partial charge is 0.354 e. The molecule has 0 saturated heterocycles. The summed E-state index contributed by atoms with van der Waals surface area (Å²) in [6.07, 6.45) is 0. The molecule has 1 aromatic rings. The van der Waals surface area contributed by atoms with Crippen molar-refractivity contribution in [1.29, 1.82) is 0 Å². The number of anilines is 1. The van der Waals surface area contributed by atoms with Crippen molar-refractivity contribution in [3.8, 4) is 0 Å². The lowest BCUT2D eigenvalue weighted by atomic mass is 9.91. The van der Waals surface area contributed by atoms with E-state index in [1.165, 1.54) is 10.6 Å². The van der Waals surface area contributed by atoms with Crippen LogP contribution in [0.4, 0.5) is 5.13 Å². The molecule has 1 N–H and O–H groups in total. The number of nitrogens with zero attached hydrogens (tertiary/aromatic N) is 2. The first-order chi connectivity index (χ1) is 6.86. The van der Waals surface area contributed by atoms with Crippen molar-refractivity contribution in [2.45, 2.75) is 32.7 Å². The Bertz CT molecular complexity index is 323. The fourth-order valence-corrected chi connectivity index (χ4v) is 2.60. The van der Waals surface area contributed by atoms with E-state index in [0.717, 1.165) is 11.7 Å². The van der Waals surface area contributed by atoms with Crippen LogP contribution in [0.1, 0.15) is 31.3 Å². The Morgan fingerprint density at radius 1 is 1.33 bits per heavy atom. The highest BCUT2D eigenvalue weighted by Gasteiger charge is 2.23. The van der Waals surface area contributed by atoms with Gasteiger partial charge in [-0.25, -0.2) is 4.98 Å². The first-order valence-corrected chi connectivity index (χ1v) is 6.00. The fourth-order valence-electron chi connectivity index (χ4n) is 1.40. The topological polar surface area (TPSA) is 28.2 Å². The monoisotopic (exact) mass is 227 g/mol. The van der Waals surface area contributed by atoms with Gasteiger partial charge >= 0.3 is 0 Å². The van der Waals surface area contributed by atoms with Crippen LogP contribution in [0.2, 0.25) is 0 Å². The molecule has 1 rings (SSSR count). The molecule has 0 atom stereocenters. The smallest absolute Gasteiger partial charge is 0.185 e. The molecule has 0 aliphatic rings. The molecule has 1 heterocycles. The highest BCUT2D eigenvalue weighted by atomic mass is 32.1. The molecule has 15 heavy (non-hydrogen) atoms. The number of hydrogen-bond acceptors (Lipinski definition) is 4. The second kappa shape index (κ2) is 4.49. The third-order valence-electron chi connectivity index (χ3n) is 2.12. The summed E-state index contributed by atoms with van der Waals surface area (Å²) in [5.74, 6) is 0. The lowest BCUT2D eigenvalue weighted by Gasteiger charge is -2.17. The van der Waals surface area contributed by atoms with E-state index in [0.29, 0.717) is 0 Å². The summed E-state index contributed by atoms with van der Waals surface area (Å²) in [7, 11) is 6.05. The van der Waals surface area contributed by atoms with Crippen molar-refractivity contribution in [3.05, 3.63) is 10.6 Å². The van der Waals surface area contributed by atoms with Gasteiger partial charge in [-0.05, 0) is 7.05 Å². The summed E-state index contributed by atoms with van der Waals surface area (Å²) < 4.78 is 0. The Hall–Kier alpha value is -0.610. The second-order valence-corrected chi connectivity index (χ2v) is 6.01. The van der Waals surface area contributed by atoms with Crippen LogP contribution >= 0.6 is 11.3 Å². The van der Waals surface area contributed by atoms with Gasteiger partial charge in [0, 0.05) is 30.9 Å². The molecule has 0 fully saturated rings. The van der Waals surface area contributed by atoms with Crippen molar-refractivity contribution in [3.63, 3.8) is 0 Å². The quantitative estimate of drug-likeness (QED) is 0.858. The molecule has 3 nitrogen and oxygen atoms in total. The van der Waals surface area contributed by atoms with Gasteiger partial charge in [-0.1, -0.05) is 20.8 Å².